The van der Waals surface area contributed by atoms with Crippen LogP contribution >= 0.6 is 0 Å². The van der Waals surface area contributed by atoms with Crippen molar-refractivity contribution < 1.29 is 14.3 Å². The molecule has 0 aliphatic carbocycles. The second-order valence-electron chi connectivity index (χ2n) is 7.01. The molecule has 0 aromatic heterocycles. The number of hydrogen-bond donors (Lipinski definition) is 1. The SMILES string of the molecule is COc1ccc(CCNC(=O)COc2cccc(C(C)(C)C)c2)cc1. The molecule has 4 nitrogen and oxygen atoms in total. The first-order valence-electron chi connectivity index (χ1n) is 8.51. The van der Waals surface area contributed by atoms with Gasteiger partial charge in [0.2, 0.25) is 0 Å². The lowest BCUT2D eigenvalue weighted by Gasteiger charge is -2.19. The molecule has 1 N–H and O–H groups in total. The van der Waals surface area contributed by atoms with Gasteiger partial charge in [0.15, 0.2) is 6.61 Å². The number of carbonyl (C=O) groups excluding carboxylic acids is 1. The molecule has 0 aliphatic rings. The van der Waals surface area contributed by atoms with Crippen molar-refractivity contribution in [3.05, 3.63) is 59.7 Å². The van der Waals surface area contributed by atoms with E-state index in [2.05, 4.69) is 32.2 Å². The van der Waals surface area contributed by atoms with Crippen molar-refractivity contribution in [3.8, 4) is 11.5 Å². The van der Waals surface area contributed by atoms with Crippen molar-refractivity contribution in [2.75, 3.05) is 20.3 Å². The summed E-state index contributed by atoms with van der Waals surface area (Å²) in [5.74, 6) is 1.44. The number of ether oxygens (including phenoxy) is 2. The summed E-state index contributed by atoms with van der Waals surface area (Å²) >= 11 is 0. The fraction of sp³-hybridized carbons (Fsp3) is 0.381. The van der Waals surface area contributed by atoms with Gasteiger partial charge >= 0.3 is 0 Å². The van der Waals surface area contributed by atoms with Gasteiger partial charge in [-0.25, -0.2) is 0 Å². The third kappa shape index (κ3) is 6.14. The third-order valence-corrected chi connectivity index (χ3v) is 3.96. The Kier molecular flexibility index (Phi) is 6.45. The van der Waals surface area contributed by atoms with Crippen molar-refractivity contribution >= 4 is 5.91 Å². The summed E-state index contributed by atoms with van der Waals surface area (Å²) in [6.45, 7) is 7.06. The van der Waals surface area contributed by atoms with E-state index in [4.69, 9.17) is 9.47 Å². The van der Waals surface area contributed by atoms with E-state index >= 15 is 0 Å². The molecule has 0 aliphatic heterocycles. The second-order valence-corrected chi connectivity index (χ2v) is 7.01. The molecule has 0 fully saturated rings. The first-order chi connectivity index (χ1) is 11.9. The summed E-state index contributed by atoms with van der Waals surface area (Å²) in [5.41, 5.74) is 2.39. The van der Waals surface area contributed by atoms with Crippen LogP contribution in [0, 0.1) is 0 Å². The highest BCUT2D eigenvalue weighted by Crippen LogP contribution is 2.25. The summed E-state index contributed by atoms with van der Waals surface area (Å²) in [5, 5.41) is 2.88. The maximum atomic E-state index is 11.9. The van der Waals surface area contributed by atoms with Crippen molar-refractivity contribution in [1.82, 2.24) is 5.32 Å². The van der Waals surface area contributed by atoms with Crippen LogP contribution in [-0.2, 0) is 16.6 Å². The van der Waals surface area contributed by atoms with Gasteiger partial charge in [-0.2, -0.15) is 0 Å². The third-order valence-electron chi connectivity index (χ3n) is 3.96. The van der Waals surface area contributed by atoms with Crippen LogP contribution in [0.1, 0.15) is 31.9 Å². The molecule has 0 saturated heterocycles. The maximum absolute atomic E-state index is 11.9. The van der Waals surface area contributed by atoms with Gasteiger partial charge in [-0.3, -0.25) is 4.79 Å². The Balaban J connectivity index is 1.75. The molecule has 25 heavy (non-hydrogen) atoms. The van der Waals surface area contributed by atoms with Gasteiger partial charge in [-0.1, -0.05) is 45.0 Å². The van der Waals surface area contributed by atoms with Crippen molar-refractivity contribution in [2.45, 2.75) is 32.6 Å². The molecule has 0 heterocycles. The van der Waals surface area contributed by atoms with Crippen LogP contribution < -0.4 is 14.8 Å². The normalized spacial score (nSPS) is 11.0. The molecule has 1 amide bonds. The number of methoxy groups -OCH3 is 1. The molecule has 0 atom stereocenters. The fourth-order valence-electron chi connectivity index (χ4n) is 2.39. The van der Waals surface area contributed by atoms with E-state index in [0.717, 1.165) is 23.5 Å². The Morgan fingerprint density at radius 2 is 1.76 bits per heavy atom. The monoisotopic (exact) mass is 341 g/mol. The predicted molar refractivity (Wildman–Crippen MR) is 100 cm³/mol. The highest BCUT2D eigenvalue weighted by atomic mass is 16.5. The lowest BCUT2D eigenvalue weighted by Crippen LogP contribution is -2.30. The van der Waals surface area contributed by atoms with Gasteiger partial charge in [0.05, 0.1) is 7.11 Å². The zero-order valence-electron chi connectivity index (χ0n) is 15.5. The Labute approximate surface area is 150 Å². The highest BCUT2D eigenvalue weighted by Gasteiger charge is 2.14. The number of benzene rings is 2. The van der Waals surface area contributed by atoms with Crippen LogP contribution in [0.4, 0.5) is 0 Å². The minimum atomic E-state index is -0.116. The zero-order chi connectivity index (χ0) is 18.3. The van der Waals surface area contributed by atoms with Crippen molar-refractivity contribution in [2.24, 2.45) is 0 Å². The quantitative estimate of drug-likeness (QED) is 0.835. The lowest BCUT2D eigenvalue weighted by atomic mass is 9.87. The summed E-state index contributed by atoms with van der Waals surface area (Å²) in [6, 6.07) is 15.7. The van der Waals surface area contributed by atoms with Crippen LogP contribution in [0.15, 0.2) is 48.5 Å². The summed E-state index contributed by atoms with van der Waals surface area (Å²) < 4.78 is 10.7. The Hall–Kier alpha value is -2.49. The van der Waals surface area contributed by atoms with E-state index in [1.165, 1.54) is 5.56 Å². The fourth-order valence-corrected chi connectivity index (χ4v) is 2.39. The zero-order valence-corrected chi connectivity index (χ0v) is 15.5. The molecule has 2 aromatic carbocycles. The molecule has 2 rings (SSSR count). The van der Waals surface area contributed by atoms with Crippen LogP contribution in [-0.4, -0.2) is 26.2 Å². The molecule has 0 saturated carbocycles. The van der Waals surface area contributed by atoms with E-state index in [9.17, 15) is 4.79 Å². The van der Waals surface area contributed by atoms with Crippen LogP contribution in [0.25, 0.3) is 0 Å². The van der Waals surface area contributed by atoms with Gasteiger partial charge in [0.1, 0.15) is 11.5 Å². The van der Waals surface area contributed by atoms with Gasteiger partial charge in [-0.15, -0.1) is 0 Å². The maximum Gasteiger partial charge on any atom is 0.257 e. The van der Waals surface area contributed by atoms with E-state index in [-0.39, 0.29) is 17.9 Å². The number of amides is 1. The van der Waals surface area contributed by atoms with E-state index in [1.54, 1.807) is 7.11 Å². The van der Waals surface area contributed by atoms with Crippen molar-refractivity contribution in [3.63, 3.8) is 0 Å². The average molecular weight is 341 g/mol. The Morgan fingerprint density at radius 1 is 1.04 bits per heavy atom. The molecule has 0 radical (unpaired) electrons. The highest BCUT2D eigenvalue weighted by molar-refractivity contribution is 5.77. The van der Waals surface area contributed by atoms with Crippen LogP contribution in [0.3, 0.4) is 0 Å². The first kappa shape index (κ1) is 18.8. The minimum absolute atomic E-state index is 0.0240. The van der Waals surface area contributed by atoms with Gasteiger partial charge in [0, 0.05) is 6.54 Å². The number of hydrogen-bond acceptors (Lipinski definition) is 3. The average Bonchev–Trinajstić information content (AvgIpc) is 2.60. The number of nitrogens with one attached hydrogen (secondary N) is 1. The van der Waals surface area contributed by atoms with Gasteiger partial charge < -0.3 is 14.8 Å². The molecular formula is C21H27NO3. The molecule has 0 spiro atoms. The standard InChI is InChI=1S/C21H27NO3/c1-21(2,3)17-6-5-7-19(14-17)25-15-20(23)22-13-12-16-8-10-18(24-4)11-9-16/h5-11,14H,12-13,15H2,1-4H3,(H,22,23). The number of carbonyl (C=O) groups is 1. The van der Waals surface area contributed by atoms with Crippen molar-refractivity contribution in [1.29, 1.82) is 0 Å². The molecule has 0 unspecified atom stereocenters. The molecule has 0 bridgehead atoms. The van der Waals surface area contributed by atoms with Crippen LogP contribution in [0.5, 0.6) is 11.5 Å². The van der Waals surface area contributed by atoms with E-state index in [0.29, 0.717) is 6.54 Å². The predicted octanol–water partition coefficient (Wildman–Crippen LogP) is 3.73. The largest absolute Gasteiger partial charge is 0.497 e. The Morgan fingerprint density at radius 3 is 2.40 bits per heavy atom. The summed E-state index contributed by atoms with van der Waals surface area (Å²) in [4.78, 5) is 11.9. The lowest BCUT2D eigenvalue weighted by molar-refractivity contribution is -0.123. The number of rotatable bonds is 7. The first-order valence-corrected chi connectivity index (χ1v) is 8.51. The molecular weight excluding hydrogens is 314 g/mol. The van der Waals surface area contributed by atoms with E-state index < -0.39 is 0 Å². The summed E-state index contributed by atoms with van der Waals surface area (Å²) in [7, 11) is 1.65. The molecule has 2 aromatic rings. The van der Waals surface area contributed by atoms with E-state index in [1.807, 2.05) is 42.5 Å². The van der Waals surface area contributed by atoms with Gasteiger partial charge in [-0.05, 0) is 47.2 Å². The molecule has 4 heteroatoms. The molecule has 134 valence electrons. The minimum Gasteiger partial charge on any atom is -0.497 e. The Bertz CT molecular complexity index is 687. The topological polar surface area (TPSA) is 47.6 Å². The van der Waals surface area contributed by atoms with Crippen LogP contribution in [0.2, 0.25) is 0 Å². The smallest absolute Gasteiger partial charge is 0.257 e. The summed E-state index contributed by atoms with van der Waals surface area (Å²) in [6.07, 6.45) is 0.773. The second kappa shape index (κ2) is 8.56. The van der Waals surface area contributed by atoms with Gasteiger partial charge in [0.25, 0.3) is 5.91 Å².